The fourth-order valence-corrected chi connectivity index (χ4v) is 1.15. The van der Waals surface area contributed by atoms with E-state index in [0.717, 1.165) is 6.42 Å². The average molecular weight is 232 g/mol. The first-order valence-corrected chi connectivity index (χ1v) is 4.99. The second-order valence-corrected chi connectivity index (χ2v) is 3.24. The van der Waals surface area contributed by atoms with Crippen molar-refractivity contribution in [1.29, 1.82) is 0 Å². The third-order valence-electron chi connectivity index (χ3n) is 1.88. The van der Waals surface area contributed by atoms with E-state index in [9.17, 15) is 0 Å². The molecule has 15 heavy (non-hydrogen) atoms. The zero-order chi connectivity index (χ0) is 11.3. The Kier molecular flexibility index (Phi) is 4.51. The molecule has 0 radical (unpaired) electrons. The van der Waals surface area contributed by atoms with Gasteiger partial charge in [0.1, 0.15) is 0 Å². The van der Waals surface area contributed by atoms with E-state index in [-0.39, 0.29) is 17.3 Å². The number of nitrogens with two attached hydrogens (primary N) is 1. The van der Waals surface area contributed by atoms with Crippen molar-refractivity contribution in [1.82, 2.24) is 15.0 Å². The van der Waals surface area contributed by atoms with E-state index >= 15 is 0 Å². The molecule has 0 saturated heterocycles. The maximum Gasteiger partial charge on any atom is 0.322 e. The number of nitrogens with zero attached hydrogens (tertiary/aromatic N) is 3. The second kappa shape index (κ2) is 5.67. The minimum absolute atomic E-state index is 0.0937. The summed E-state index contributed by atoms with van der Waals surface area (Å²) in [7, 11) is 1.47. The SMILES string of the molecule is CCC(CN)Nc1nc(Cl)nc(OC)n1. The molecule has 1 heterocycles. The van der Waals surface area contributed by atoms with Crippen LogP contribution < -0.4 is 15.8 Å². The highest BCUT2D eigenvalue weighted by Gasteiger charge is 2.08. The van der Waals surface area contributed by atoms with Gasteiger partial charge >= 0.3 is 6.01 Å². The van der Waals surface area contributed by atoms with Gasteiger partial charge in [-0.3, -0.25) is 0 Å². The molecule has 1 aromatic heterocycles. The summed E-state index contributed by atoms with van der Waals surface area (Å²) >= 11 is 5.69. The van der Waals surface area contributed by atoms with Crippen LogP contribution >= 0.6 is 11.6 Å². The van der Waals surface area contributed by atoms with Crippen LogP contribution in [0.15, 0.2) is 0 Å². The zero-order valence-corrected chi connectivity index (χ0v) is 9.45. The summed E-state index contributed by atoms with van der Waals surface area (Å²) in [5, 5.41) is 3.14. The lowest BCUT2D eigenvalue weighted by Gasteiger charge is -2.14. The molecule has 0 fully saturated rings. The zero-order valence-electron chi connectivity index (χ0n) is 8.70. The lowest BCUT2D eigenvalue weighted by molar-refractivity contribution is 0.378. The third-order valence-corrected chi connectivity index (χ3v) is 2.05. The Labute approximate surface area is 93.2 Å². The van der Waals surface area contributed by atoms with Gasteiger partial charge in [0, 0.05) is 12.6 Å². The molecule has 84 valence electrons. The van der Waals surface area contributed by atoms with Crippen LogP contribution in [0, 0.1) is 0 Å². The van der Waals surface area contributed by atoms with Crippen molar-refractivity contribution in [2.45, 2.75) is 19.4 Å². The van der Waals surface area contributed by atoms with Gasteiger partial charge in [-0.15, -0.1) is 0 Å². The van der Waals surface area contributed by atoms with Crippen LogP contribution in [0.4, 0.5) is 5.95 Å². The first kappa shape index (κ1) is 11.9. The molecule has 1 unspecified atom stereocenters. The molecule has 0 aliphatic carbocycles. The summed E-state index contributed by atoms with van der Waals surface area (Å²) in [6, 6.07) is 0.303. The first-order chi connectivity index (χ1) is 7.19. The van der Waals surface area contributed by atoms with E-state index in [2.05, 4.69) is 20.3 Å². The predicted molar refractivity (Wildman–Crippen MR) is 58.1 cm³/mol. The minimum Gasteiger partial charge on any atom is -0.467 e. The number of hydrogen-bond acceptors (Lipinski definition) is 6. The monoisotopic (exact) mass is 231 g/mol. The molecule has 0 aliphatic heterocycles. The number of methoxy groups -OCH3 is 1. The van der Waals surface area contributed by atoms with Crippen molar-refractivity contribution in [2.24, 2.45) is 5.73 Å². The van der Waals surface area contributed by atoms with Crippen LogP contribution in [0.5, 0.6) is 6.01 Å². The number of nitrogens with one attached hydrogen (secondary N) is 1. The number of hydrogen-bond donors (Lipinski definition) is 2. The summed E-state index contributed by atoms with van der Waals surface area (Å²) in [4.78, 5) is 11.7. The van der Waals surface area contributed by atoms with E-state index < -0.39 is 0 Å². The van der Waals surface area contributed by atoms with E-state index in [4.69, 9.17) is 22.1 Å². The summed E-state index contributed by atoms with van der Waals surface area (Å²) in [6.07, 6.45) is 0.877. The molecule has 0 aliphatic rings. The summed E-state index contributed by atoms with van der Waals surface area (Å²) in [5.74, 6) is 0.379. The number of rotatable bonds is 5. The van der Waals surface area contributed by atoms with Gasteiger partial charge < -0.3 is 15.8 Å². The van der Waals surface area contributed by atoms with Crippen LogP contribution in [0.1, 0.15) is 13.3 Å². The van der Waals surface area contributed by atoms with Crippen LogP contribution in [0.2, 0.25) is 5.28 Å². The largest absolute Gasteiger partial charge is 0.467 e. The molecule has 1 atom stereocenters. The van der Waals surface area contributed by atoms with Gasteiger partial charge in [-0.25, -0.2) is 0 Å². The van der Waals surface area contributed by atoms with Gasteiger partial charge in [0.2, 0.25) is 11.2 Å². The molecule has 0 amide bonds. The van der Waals surface area contributed by atoms with Gasteiger partial charge in [0.05, 0.1) is 7.11 Å². The highest BCUT2D eigenvalue weighted by molar-refractivity contribution is 6.28. The van der Waals surface area contributed by atoms with Crippen LogP contribution in [-0.4, -0.2) is 34.6 Å². The van der Waals surface area contributed by atoms with Crippen molar-refractivity contribution < 1.29 is 4.74 Å². The quantitative estimate of drug-likeness (QED) is 0.775. The van der Waals surface area contributed by atoms with E-state index in [1.54, 1.807) is 0 Å². The first-order valence-electron chi connectivity index (χ1n) is 4.61. The topological polar surface area (TPSA) is 86.0 Å². The van der Waals surface area contributed by atoms with E-state index in [0.29, 0.717) is 12.5 Å². The number of aromatic nitrogens is 3. The summed E-state index contributed by atoms with van der Waals surface area (Å²) in [6.45, 7) is 2.52. The van der Waals surface area contributed by atoms with Crippen LogP contribution in [-0.2, 0) is 0 Å². The Hall–Kier alpha value is -1.14. The van der Waals surface area contributed by atoms with Crippen molar-refractivity contribution >= 4 is 17.5 Å². The molecule has 0 bridgehead atoms. The Bertz CT molecular complexity index is 318. The molecule has 0 spiro atoms. The lowest BCUT2D eigenvalue weighted by Crippen LogP contribution is -2.29. The van der Waals surface area contributed by atoms with E-state index in [1.807, 2.05) is 6.92 Å². The molecule has 1 aromatic rings. The average Bonchev–Trinajstić information content (AvgIpc) is 2.25. The van der Waals surface area contributed by atoms with Crippen molar-refractivity contribution in [2.75, 3.05) is 19.0 Å². The van der Waals surface area contributed by atoms with Gasteiger partial charge in [0.25, 0.3) is 0 Å². The molecule has 3 N–H and O–H groups in total. The number of ether oxygens (including phenoxy) is 1. The smallest absolute Gasteiger partial charge is 0.322 e. The van der Waals surface area contributed by atoms with Crippen LogP contribution in [0.3, 0.4) is 0 Å². The fourth-order valence-electron chi connectivity index (χ4n) is 0.998. The Balaban J connectivity index is 2.79. The van der Waals surface area contributed by atoms with E-state index in [1.165, 1.54) is 7.11 Å². The second-order valence-electron chi connectivity index (χ2n) is 2.90. The van der Waals surface area contributed by atoms with Crippen molar-refractivity contribution in [3.05, 3.63) is 5.28 Å². The molecule has 0 aromatic carbocycles. The normalized spacial score (nSPS) is 12.3. The highest BCUT2D eigenvalue weighted by atomic mass is 35.5. The number of halogens is 1. The molecule has 6 nitrogen and oxygen atoms in total. The minimum atomic E-state index is 0.0937. The van der Waals surface area contributed by atoms with Gasteiger partial charge in [-0.1, -0.05) is 6.92 Å². The maximum atomic E-state index is 5.69. The predicted octanol–water partition coefficient (Wildman–Crippen LogP) is 0.683. The third kappa shape index (κ3) is 3.49. The molecule has 0 saturated carbocycles. The lowest BCUT2D eigenvalue weighted by atomic mass is 10.2. The highest BCUT2D eigenvalue weighted by Crippen LogP contribution is 2.11. The maximum absolute atomic E-state index is 5.69. The fraction of sp³-hybridized carbons (Fsp3) is 0.625. The van der Waals surface area contributed by atoms with Gasteiger partial charge in [-0.2, -0.15) is 15.0 Å². The standard InChI is InChI=1S/C8H14ClN5O/c1-3-5(4-10)11-7-12-6(9)13-8(14-7)15-2/h5H,3-4,10H2,1-2H3,(H,11,12,13,14). The van der Waals surface area contributed by atoms with Crippen LogP contribution in [0.25, 0.3) is 0 Å². The Morgan fingerprint density at radius 1 is 1.47 bits per heavy atom. The van der Waals surface area contributed by atoms with Gasteiger partial charge in [0.15, 0.2) is 0 Å². The Morgan fingerprint density at radius 3 is 2.73 bits per heavy atom. The van der Waals surface area contributed by atoms with Crippen molar-refractivity contribution in [3.8, 4) is 6.01 Å². The molecular formula is C8H14ClN5O. The van der Waals surface area contributed by atoms with Crippen molar-refractivity contribution in [3.63, 3.8) is 0 Å². The molecular weight excluding hydrogens is 218 g/mol. The Morgan fingerprint density at radius 2 is 2.20 bits per heavy atom. The number of anilines is 1. The molecule has 7 heteroatoms. The summed E-state index contributed by atoms with van der Waals surface area (Å²) in [5.41, 5.74) is 5.54. The molecule has 1 rings (SSSR count). The van der Waals surface area contributed by atoms with Gasteiger partial charge in [-0.05, 0) is 18.0 Å². The summed E-state index contributed by atoms with van der Waals surface area (Å²) < 4.78 is 4.87.